The molecule has 0 radical (unpaired) electrons. The number of Topliss-reactive ketones (excluding diaryl/α,β-unsaturated/α-hetero) is 2. The van der Waals surface area contributed by atoms with Crippen LogP contribution in [0.5, 0.6) is 0 Å². The number of ketones is 2. The van der Waals surface area contributed by atoms with Crippen LogP contribution in [-0.2, 0) is 14.4 Å². The summed E-state index contributed by atoms with van der Waals surface area (Å²) in [7, 11) is 0. The van der Waals surface area contributed by atoms with Crippen molar-refractivity contribution in [1.29, 1.82) is 0 Å². The van der Waals surface area contributed by atoms with Crippen LogP contribution in [0.15, 0.2) is 24.3 Å². The number of benzene rings is 1. The minimum Gasteiger partial charge on any atom is -0.291 e. The van der Waals surface area contributed by atoms with Crippen LogP contribution in [0.3, 0.4) is 0 Å². The van der Waals surface area contributed by atoms with Gasteiger partial charge in [-0.25, -0.2) is 0 Å². The second-order valence-corrected chi connectivity index (χ2v) is 7.19. The van der Waals surface area contributed by atoms with E-state index in [2.05, 4.69) is 10.9 Å². The Hall–Kier alpha value is -2.50. The highest BCUT2D eigenvalue weighted by molar-refractivity contribution is 6.47. The number of hydrogen-bond acceptors (Lipinski definition) is 4. The molecule has 24 heavy (non-hydrogen) atoms. The summed E-state index contributed by atoms with van der Waals surface area (Å²) in [6.45, 7) is 5.45. The van der Waals surface area contributed by atoms with Crippen LogP contribution >= 0.6 is 0 Å². The van der Waals surface area contributed by atoms with Crippen molar-refractivity contribution in [3.05, 3.63) is 35.4 Å². The number of aryl methyl sites for hydroxylation is 1. The molecule has 2 unspecified atom stereocenters. The van der Waals surface area contributed by atoms with Gasteiger partial charge in [0.15, 0.2) is 0 Å². The number of fused-ring (bicyclic) bond motifs is 2. The van der Waals surface area contributed by atoms with E-state index in [-0.39, 0.29) is 0 Å². The Kier molecular flexibility index (Phi) is 3.59. The second-order valence-electron chi connectivity index (χ2n) is 7.19. The summed E-state index contributed by atoms with van der Waals surface area (Å²) < 4.78 is 0. The standard InChI is InChI=1S/C18H20N2O4/c1-10-4-6-11(7-5-10)15(23)19-20-16(24)18-9-8-12(17(18,2)3)13(21)14(18)22/h4-7,12H,8-9H2,1-3H3,(H,19,23)(H,20,24). The largest absolute Gasteiger partial charge is 0.291 e. The molecular formula is C18H20N2O4. The highest BCUT2D eigenvalue weighted by atomic mass is 16.2. The molecule has 2 aliphatic rings. The number of carbonyl (C=O) groups excluding carboxylic acids is 4. The van der Waals surface area contributed by atoms with Gasteiger partial charge >= 0.3 is 0 Å². The molecule has 2 amide bonds. The molecule has 2 bridgehead atoms. The van der Waals surface area contributed by atoms with Gasteiger partial charge in [-0.05, 0) is 37.3 Å². The summed E-state index contributed by atoms with van der Waals surface area (Å²) in [4.78, 5) is 49.2. The minimum atomic E-state index is -1.38. The third-order valence-electron chi connectivity index (χ3n) is 5.70. The highest BCUT2D eigenvalue weighted by Gasteiger charge is 2.72. The summed E-state index contributed by atoms with van der Waals surface area (Å²) in [5, 5.41) is 0. The van der Waals surface area contributed by atoms with Gasteiger partial charge in [0, 0.05) is 11.5 Å². The van der Waals surface area contributed by atoms with E-state index >= 15 is 0 Å². The van der Waals surface area contributed by atoms with E-state index < -0.39 is 40.1 Å². The lowest BCUT2D eigenvalue weighted by Gasteiger charge is -2.33. The fourth-order valence-corrected chi connectivity index (χ4v) is 4.08. The lowest BCUT2D eigenvalue weighted by atomic mass is 9.68. The first-order valence-electron chi connectivity index (χ1n) is 7.98. The van der Waals surface area contributed by atoms with Gasteiger partial charge in [-0.3, -0.25) is 30.0 Å². The normalized spacial score (nSPS) is 27.2. The summed E-state index contributed by atoms with van der Waals surface area (Å²) in [6.07, 6.45) is 0.860. The maximum Gasteiger partial charge on any atom is 0.269 e. The maximum absolute atomic E-state index is 12.7. The molecule has 0 spiro atoms. The molecule has 1 aromatic rings. The monoisotopic (exact) mass is 328 g/mol. The van der Waals surface area contributed by atoms with E-state index in [9.17, 15) is 19.2 Å². The van der Waals surface area contributed by atoms with E-state index in [0.717, 1.165) is 5.56 Å². The lowest BCUT2D eigenvalue weighted by Crippen LogP contribution is -2.55. The van der Waals surface area contributed by atoms with E-state index in [0.29, 0.717) is 18.4 Å². The molecule has 2 N–H and O–H groups in total. The molecule has 2 aliphatic carbocycles. The molecule has 2 fully saturated rings. The maximum atomic E-state index is 12.7. The van der Waals surface area contributed by atoms with Crippen LogP contribution in [-0.4, -0.2) is 23.4 Å². The first-order valence-corrected chi connectivity index (χ1v) is 7.98. The Labute approximate surface area is 140 Å². The number of carbonyl (C=O) groups is 4. The first-order chi connectivity index (χ1) is 11.2. The quantitative estimate of drug-likeness (QED) is 0.487. The zero-order chi connectivity index (χ0) is 17.7. The van der Waals surface area contributed by atoms with Crippen molar-refractivity contribution in [2.75, 3.05) is 0 Å². The minimum absolute atomic E-state index is 0.335. The molecule has 0 aromatic heterocycles. The molecule has 3 rings (SSSR count). The van der Waals surface area contributed by atoms with Crippen LogP contribution in [0.4, 0.5) is 0 Å². The van der Waals surface area contributed by atoms with Gasteiger partial charge in [-0.2, -0.15) is 0 Å². The highest BCUT2D eigenvalue weighted by Crippen LogP contribution is 2.62. The molecule has 0 heterocycles. The van der Waals surface area contributed by atoms with E-state index in [1.807, 2.05) is 6.92 Å². The summed E-state index contributed by atoms with van der Waals surface area (Å²) in [6, 6.07) is 6.88. The summed E-state index contributed by atoms with van der Waals surface area (Å²) in [5.74, 6) is -2.59. The number of nitrogens with one attached hydrogen (secondary N) is 2. The van der Waals surface area contributed by atoms with Gasteiger partial charge in [0.25, 0.3) is 11.8 Å². The van der Waals surface area contributed by atoms with Gasteiger partial charge in [-0.1, -0.05) is 31.5 Å². The van der Waals surface area contributed by atoms with Crippen LogP contribution < -0.4 is 10.9 Å². The van der Waals surface area contributed by atoms with Crippen molar-refractivity contribution in [3.8, 4) is 0 Å². The van der Waals surface area contributed by atoms with Crippen LogP contribution in [0.1, 0.15) is 42.6 Å². The average molecular weight is 328 g/mol. The molecule has 6 heteroatoms. The van der Waals surface area contributed by atoms with Crippen molar-refractivity contribution in [1.82, 2.24) is 10.9 Å². The van der Waals surface area contributed by atoms with Crippen molar-refractivity contribution >= 4 is 23.4 Å². The van der Waals surface area contributed by atoms with E-state index in [4.69, 9.17) is 0 Å². The fourth-order valence-electron chi connectivity index (χ4n) is 4.08. The van der Waals surface area contributed by atoms with E-state index in [1.54, 1.807) is 38.1 Å². The smallest absolute Gasteiger partial charge is 0.269 e. The van der Waals surface area contributed by atoms with Crippen molar-refractivity contribution in [3.63, 3.8) is 0 Å². The number of hydrazine groups is 1. The number of rotatable bonds is 2. The van der Waals surface area contributed by atoms with Gasteiger partial charge in [0.1, 0.15) is 5.41 Å². The zero-order valence-corrected chi connectivity index (χ0v) is 13.9. The SMILES string of the molecule is Cc1ccc(C(=O)NNC(=O)C23CCC(C(=O)C2=O)C3(C)C)cc1. The molecule has 2 saturated carbocycles. The molecule has 0 aliphatic heterocycles. The first kappa shape index (κ1) is 16.4. The van der Waals surface area contributed by atoms with Gasteiger partial charge in [0.2, 0.25) is 11.6 Å². The Morgan fingerprint density at radius 2 is 1.71 bits per heavy atom. The molecule has 126 valence electrons. The van der Waals surface area contributed by atoms with Crippen molar-refractivity contribution < 1.29 is 19.2 Å². The van der Waals surface area contributed by atoms with E-state index in [1.165, 1.54) is 0 Å². The topological polar surface area (TPSA) is 92.3 Å². The number of amides is 2. The molecule has 6 nitrogen and oxygen atoms in total. The predicted molar refractivity (Wildman–Crippen MR) is 85.7 cm³/mol. The third-order valence-corrected chi connectivity index (χ3v) is 5.70. The zero-order valence-electron chi connectivity index (χ0n) is 13.9. The average Bonchev–Trinajstić information content (AvgIpc) is 2.89. The molecular weight excluding hydrogens is 308 g/mol. The van der Waals surface area contributed by atoms with Crippen LogP contribution in [0, 0.1) is 23.7 Å². The molecule has 2 atom stereocenters. The predicted octanol–water partition coefficient (Wildman–Crippen LogP) is 1.33. The molecule has 0 saturated heterocycles. The Morgan fingerprint density at radius 1 is 1.08 bits per heavy atom. The van der Waals surface area contributed by atoms with Crippen molar-refractivity contribution in [2.45, 2.75) is 33.6 Å². The second kappa shape index (κ2) is 5.26. The van der Waals surface area contributed by atoms with Gasteiger partial charge < -0.3 is 0 Å². The third kappa shape index (κ3) is 2.02. The fraction of sp³-hybridized carbons (Fsp3) is 0.444. The van der Waals surface area contributed by atoms with Crippen LogP contribution in [0.25, 0.3) is 0 Å². The van der Waals surface area contributed by atoms with Gasteiger partial charge in [-0.15, -0.1) is 0 Å². The lowest BCUT2D eigenvalue weighted by molar-refractivity contribution is -0.149. The number of hydrogen-bond donors (Lipinski definition) is 2. The Bertz CT molecular complexity index is 751. The van der Waals surface area contributed by atoms with Crippen molar-refractivity contribution in [2.24, 2.45) is 16.7 Å². The Morgan fingerprint density at radius 3 is 2.25 bits per heavy atom. The summed E-state index contributed by atoms with van der Waals surface area (Å²) >= 11 is 0. The summed E-state index contributed by atoms with van der Waals surface area (Å²) in [5.41, 5.74) is 3.99. The molecule has 1 aromatic carbocycles. The van der Waals surface area contributed by atoms with Gasteiger partial charge in [0.05, 0.1) is 0 Å². The van der Waals surface area contributed by atoms with Crippen LogP contribution in [0.2, 0.25) is 0 Å². The Balaban J connectivity index is 1.75.